The maximum absolute atomic E-state index is 10.7. The number of aromatic carboxylic acids is 1. The summed E-state index contributed by atoms with van der Waals surface area (Å²) >= 11 is 8.48. The van der Waals surface area contributed by atoms with Crippen molar-refractivity contribution in [3.63, 3.8) is 0 Å². The zero-order valence-corrected chi connectivity index (χ0v) is 13.8. The Hall–Kier alpha value is -0.880. The second kappa shape index (κ2) is 7.65. The first kappa shape index (κ1) is 16.2. The number of amides is 1. The highest BCUT2D eigenvalue weighted by Crippen LogP contribution is 2.14. The molecule has 0 aromatic carbocycles. The molecule has 2 rings (SSSR count). The summed E-state index contributed by atoms with van der Waals surface area (Å²) in [6.07, 6.45) is 0. The Bertz CT molecular complexity index is 586. The lowest BCUT2D eigenvalue weighted by molar-refractivity contribution is 0.0696. The van der Waals surface area contributed by atoms with Crippen molar-refractivity contribution in [2.45, 2.75) is 0 Å². The highest BCUT2D eigenvalue weighted by atomic mass is 79.9. The summed E-state index contributed by atoms with van der Waals surface area (Å²) in [6, 6.07) is 0. The van der Waals surface area contributed by atoms with Crippen molar-refractivity contribution in [2.75, 3.05) is 0 Å². The minimum Gasteiger partial charge on any atom is -0.476 e. The second-order valence-electron chi connectivity index (χ2n) is 2.73. The van der Waals surface area contributed by atoms with Crippen LogP contribution in [0.15, 0.2) is 20.0 Å². The summed E-state index contributed by atoms with van der Waals surface area (Å²) in [5.74, 6) is 3.52. The Balaban J connectivity index is 0.000000191. The molecule has 2 aromatic heterocycles. The summed E-state index contributed by atoms with van der Waals surface area (Å²) < 4.78 is 1.22. The third kappa shape index (κ3) is 5.32. The maximum atomic E-state index is 10.7. The van der Waals surface area contributed by atoms with Gasteiger partial charge in [0.1, 0.15) is 9.21 Å². The van der Waals surface area contributed by atoms with Crippen LogP contribution < -0.4 is 11.3 Å². The molecule has 0 unspecified atom stereocenters. The molecule has 0 aliphatic heterocycles. The summed E-state index contributed by atoms with van der Waals surface area (Å²) in [5, 5.41) is 12.1. The van der Waals surface area contributed by atoms with Gasteiger partial charge in [0.2, 0.25) is 5.01 Å². The fourth-order valence-corrected chi connectivity index (χ4v) is 3.01. The number of nitrogens with two attached hydrogens (primary N) is 1. The molecule has 2 aromatic rings. The minimum absolute atomic E-state index is 0.113. The molecular weight excluding hydrogens is 424 g/mol. The van der Waals surface area contributed by atoms with Gasteiger partial charge in [-0.15, -0.1) is 22.7 Å². The molecule has 0 aliphatic rings. The number of carboxylic acid groups (broad SMARTS) is 1. The number of nitrogens with one attached hydrogen (secondary N) is 1. The van der Waals surface area contributed by atoms with E-state index in [-0.39, 0.29) is 10.9 Å². The largest absolute Gasteiger partial charge is 0.476 e. The molecule has 1 amide bonds. The number of rotatable bonds is 2. The van der Waals surface area contributed by atoms with E-state index in [4.69, 9.17) is 10.9 Å². The van der Waals surface area contributed by atoms with Gasteiger partial charge in [-0.3, -0.25) is 10.2 Å². The molecule has 4 N–H and O–H groups in total. The Morgan fingerprint density at radius 3 is 1.89 bits per heavy atom. The quantitative estimate of drug-likeness (QED) is 0.382. The van der Waals surface area contributed by atoms with Crippen LogP contribution in [0, 0.1) is 0 Å². The van der Waals surface area contributed by atoms with Crippen molar-refractivity contribution in [3.8, 4) is 0 Å². The number of nitrogen functional groups attached to an aromatic ring is 1. The van der Waals surface area contributed by atoms with Gasteiger partial charge in [-0.05, 0) is 31.9 Å². The lowest BCUT2D eigenvalue weighted by Gasteiger charge is -1.89. The average Bonchev–Trinajstić information content (AvgIpc) is 2.98. The first-order chi connectivity index (χ1) is 8.93. The number of aromatic nitrogens is 2. The Morgan fingerprint density at radius 1 is 1.16 bits per heavy atom. The smallest absolute Gasteiger partial charge is 0.365 e. The van der Waals surface area contributed by atoms with Gasteiger partial charge in [0.25, 0.3) is 5.91 Å². The molecule has 7 nitrogen and oxygen atoms in total. The van der Waals surface area contributed by atoms with Crippen LogP contribution in [0.2, 0.25) is 0 Å². The van der Waals surface area contributed by atoms with Crippen molar-refractivity contribution < 1.29 is 14.7 Å². The van der Waals surface area contributed by atoms with E-state index in [1.165, 1.54) is 11.3 Å². The van der Waals surface area contributed by atoms with Crippen molar-refractivity contribution in [1.82, 2.24) is 15.4 Å². The third-order valence-corrected chi connectivity index (χ3v) is 4.55. The molecule has 0 spiro atoms. The molecule has 11 heteroatoms. The SMILES string of the molecule is NNC(=O)c1nc(Br)cs1.O=C(O)c1nc(Br)cs1. The van der Waals surface area contributed by atoms with Gasteiger partial charge in [0, 0.05) is 10.8 Å². The highest BCUT2D eigenvalue weighted by Gasteiger charge is 2.07. The van der Waals surface area contributed by atoms with Gasteiger partial charge >= 0.3 is 5.97 Å². The van der Waals surface area contributed by atoms with Crippen molar-refractivity contribution in [2.24, 2.45) is 5.84 Å². The number of hydrogen-bond acceptors (Lipinski definition) is 7. The normalized spacial score (nSPS) is 9.42. The molecule has 0 saturated heterocycles. The molecule has 102 valence electrons. The lowest BCUT2D eigenvalue weighted by atomic mass is 10.7. The summed E-state index contributed by atoms with van der Waals surface area (Å²) in [5.41, 5.74) is 1.98. The van der Waals surface area contributed by atoms with E-state index in [0.717, 1.165) is 11.3 Å². The van der Waals surface area contributed by atoms with Crippen molar-refractivity contribution in [1.29, 1.82) is 0 Å². The third-order valence-electron chi connectivity index (χ3n) is 1.46. The predicted octanol–water partition coefficient (Wildman–Crippen LogP) is 2.11. The number of carboxylic acids is 1. The number of halogens is 2. The molecule has 0 bridgehead atoms. The van der Waals surface area contributed by atoms with Crippen LogP contribution in [0.3, 0.4) is 0 Å². The summed E-state index contributed by atoms with van der Waals surface area (Å²) in [6.45, 7) is 0. The Kier molecular flexibility index (Phi) is 6.51. The van der Waals surface area contributed by atoms with Gasteiger partial charge < -0.3 is 5.11 Å². The Morgan fingerprint density at radius 2 is 1.63 bits per heavy atom. The maximum Gasteiger partial charge on any atom is 0.365 e. The monoisotopic (exact) mass is 428 g/mol. The molecule has 0 saturated carbocycles. The average molecular weight is 430 g/mol. The van der Waals surface area contributed by atoms with Crippen molar-refractivity contribution >= 4 is 66.4 Å². The second-order valence-corrected chi connectivity index (χ2v) is 6.07. The predicted molar refractivity (Wildman–Crippen MR) is 78.2 cm³/mol. The van der Waals surface area contributed by atoms with Crippen LogP contribution in [0.4, 0.5) is 0 Å². The molecule has 0 radical (unpaired) electrons. The van der Waals surface area contributed by atoms with Crippen LogP contribution in [-0.4, -0.2) is 27.0 Å². The number of thiazole rings is 2. The molecule has 2 heterocycles. The number of nitrogens with zero attached hydrogens (tertiary/aromatic N) is 2. The van der Waals surface area contributed by atoms with Gasteiger partial charge in [-0.1, -0.05) is 0 Å². The van der Waals surface area contributed by atoms with E-state index in [1.807, 2.05) is 5.43 Å². The number of carbonyl (C=O) groups excluding carboxylic acids is 1. The summed E-state index contributed by atoms with van der Waals surface area (Å²) in [7, 11) is 0. The number of hydrazine groups is 1. The first-order valence-corrected chi connectivity index (χ1v) is 7.75. The van der Waals surface area contributed by atoms with E-state index in [0.29, 0.717) is 14.2 Å². The molecule has 0 atom stereocenters. The molecule has 0 aliphatic carbocycles. The van der Waals surface area contributed by atoms with Crippen LogP contribution in [-0.2, 0) is 0 Å². The van der Waals surface area contributed by atoms with E-state index in [2.05, 4.69) is 41.8 Å². The van der Waals surface area contributed by atoms with Crippen LogP contribution in [0.1, 0.15) is 19.6 Å². The minimum atomic E-state index is -0.981. The van der Waals surface area contributed by atoms with E-state index in [1.54, 1.807) is 10.8 Å². The van der Waals surface area contributed by atoms with Crippen LogP contribution >= 0.6 is 54.5 Å². The number of hydrogen-bond donors (Lipinski definition) is 3. The fourth-order valence-electron chi connectivity index (χ4n) is 0.773. The lowest BCUT2D eigenvalue weighted by Crippen LogP contribution is -2.29. The Labute approximate surface area is 132 Å². The van der Waals surface area contributed by atoms with E-state index in [9.17, 15) is 9.59 Å². The fraction of sp³-hybridized carbons (Fsp3) is 0. The van der Waals surface area contributed by atoms with Gasteiger partial charge in [-0.25, -0.2) is 20.6 Å². The van der Waals surface area contributed by atoms with E-state index >= 15 is 0 Å². The van der Waals surface area contributed by atoms with Gasteiger partial charge in [0.15, 0.2) is 5.01 Å². The highest BCUT2D eigenvalue weighted by molar-refractivity contribution is 9.10. The molecule has 0 fully saturated rings. The zero-order valence-electron chi connectivity index (χ0n) is 8.96. The van der Waals surface area contributed by atoms with Crippen LogP contribution in [0.5, 0.6) is 0 Å². The first-order valence-electron chi connectivity index (χ1n) is 4.40. The van der Waals surface area contributed by atoms with Crippen molar-refractivity contribution in [3.05, 3.63) is 30.0 Å². The van der Waals surface area contributed by atoms with Gasteiger partial charge in [0.05, 0.1) is 0 Å². The summed E-state index contributed by atoms with van der Waals surface area (Å²) in [4.78, 5) is 28.3. The van der Waals surface area contributed by atoms with Gasteiger partial charge in [-0.2, -0.15) is 0 Å². The number of carbonyl (C=O) groups is 2. The standard InChI is InChI=1S/C4H4BrN3OS.C4H2BrNO2S/c5-2-1-10-4(7-2)3(9)8-6;5-2-1-9-3(6-2)4(7)8/h1H,6H2,(H,8,9);1H,(H,7,8). The zero-order chi connectivity index (χ0) is 14.4. The van der Waals surface area contributed by atoms with E-state index < -0.39 is 5.97 Å². The van der Waals surface area contributed by atoms with Crippen LogP contribution in [0.25, 0.3) is 0 Å². The molecule has 19 heavy (non-hydrogen) atoms. The topological polar surface area (TPSA) is 118 Å². The molecular formula is C8H6Br2N4O3S2.